The molecule has 0 aliphatic carbocycles. The molecule has 0 aliphatic rings. The summed E-state index contributed by atoms with van der Waals surface area (Å²) in [6.45, 7) is 0. The molecule has 0 saturated carbocycles. The van der Waals surface area contributed by atoms with E-state index in [9.17, 15) is 5.11 Å². The van der Waals surface area contributed by atoms with Crippen LogP contribution in [0.1, 0.15) is 0 Å². The van der Waals surface area contributed by atoms with Crippen LogP contribution in [-0.4, -0.2) is 15.3 Å². The number of aromatic nitrogens is 2. The first-order chi connectivity index (χ1) is 6.68. The van der Waals surface area contributed by atoms with Crippen molar-refractivity contribution in [1.82, 2.24) is 10.2 Å². The molecule has 0 aliphatic heterocycles. The van der Waals surface area contributed by atoms with E-state index in [1.165, 1.54) is 0 Å². The summed E-state index contributed by atoms with van der Waals surface area (Å²) in [5.74, 6) is 0.681. The van der Waals surface area contributed by atoms with Gasteiger partial charge in [0.25, 0.3) is 0 Å². The predicted molar refractivity (Wildman–Crippen MR) is 57.8 cm³/mol. The van der Waals surface area contributed by atoms with E-state index >= 15 is 0 Å². The Bertz CT molecular complexity index is 467. The highest BCUT2D eigenvalue weighted by Gasteiger charge is 2.08. The van der Waals surface area contributed by atoms with Gasteiger partial charge in [-0.2, -0.15) is 5.10 Å². The number of aromatic hydroxyl groups is 1. The highest BCUT2D eigenvalue weighted by atomic mass is 79.9. The number of hydrogen-bond donors (Lipinski definition) is 3. The van der Waals surface area contributed by atoms with E-state index in [0.29, 0.717) is 5.82 Å². The number of H-pyrrole nitrogens is 1. The zero-order valence-corrected chi connectivity index (χ0v) is 8.75. The molecule has 4 N–H and O–H groups in total. The van der Waals surface area contributed by atoms with Crippen LogP contribution in [0.25, 0.3) is 11.1 Å². The zero-order chi connectivity index (χ0) is 10.1. The van der Waals surface area contributed by atoms with E-state index in [0.717, 1.165) is 15.6 Å². The Morgan fingerprint density at radius 1 is 1.36 bits per heavy atom. The Labute approximate surface area is 88.9 Å². The van der Waals surface area contributed by atoms with Crippen LogP contribution in [0, 0.1) is 0 Å². The van der Waals surface area contributed by atoms with Gasteiger partial charge in [-0.25, -0.2) is 0 Å². The fourth-order valence-corrected chi connectivity index (χ4v) is 1.69. The summed E-state index contributed by atoms with van der Waals surface area (Å²) in [5.41, 5.74) is 7.26. The second-order valence-corrected chi connectivity index (χ2v) is 3.72. The second-order valence-electron chi connectivity index (χ2n) is 2.86. The second kappa shape index (κ2) is 3.34. The lowest BCUT2D eigenvalue weighted by Crippen LogP contribution is -1.88. The van der Waals surface area contributed by atoms with E-state index in [1.54, 1.807) is 24.4 Å². The summed E-state index contributed by atoms with van der Waals surface area (Å²) < 4.78 is 0.864. The van der Waals surface area contributed by atoms with Crippen molar-refractivity contribution in [3.8, 4) is 16.9 Å². The Morgan fingerprint density at radius 2 is 2.14 bits per heavy atom. The van der Waals surface area contributed by atoms with E-state index in [4.69, 9.17) is 5.73 Å². The average Bonchev–Trinajstić information content (AvgIpc) is 2.56. The fraction of sp³-hybridized carbons (Fsp3) is 0. The number of benzene rings is 1. The number of phenols is 1. The molecule has 4 nitrogen and oxygen atoms in total. The molecule has 0 unspecified atom stereocenters. The van der Waals surface area contributed by atoms with Gasteiger partial charge in [0.1, 0.15) is 11.6 Å². The van der Waals surface area contributed by atoms with Crippen LogP contribution in [0.15, 0.2) is 28.9 Å². The molecule has 0 atom stereocenters. The molecule has 0 fully saturated rings. The molecule has 0 spiro atoms. The Balaban J connectivity index is 2.62. The van der Waals surface area contributed by atoms with Gasteiger partial charge in [-0.3, -0.25) is 5.10 Å². The predicted octanol–water partition coefficient (Wildman–Crippen LogP) is 2.13. The maximum atomic E-state index is 9.33. The molecule has 72 valence electrons. The minimum atomic E-state index is 0.198. The lowest BCUT2D eigenvalue weighted by Gasteiger charge is -2.03. The molecular weight excluding hydrogens is 246 g/mol. The number of halogens is 1. The smallest absolute Gasteiger partial charge is 0.126 e. The van der Waals surface area contributed by atoms with Crippen LogP contribution < -0.4 is 5.73 Å². The number of aromatic amines is 1. The van der Waals surface area contributed by atoms with Crippen LogP contribution >= 0.6 is 15.9 Å². The lowest BCUT2D eigenvalue weighted by atomic mass is 10.1. The first-order valence-electron chi connectivity index (χ1n) is 3.96. The van der Waals surface area contributed by atoms with Gasteiger partial charge in [0, 0.05) is 15.6 Å². The number of phenolic OH excluding ortho intramolecular Hbond substituents is 1. The Kier molecular flexibility index (Phi) is 2.17. The summed E-state index contributed by atoms with van der Waals surface area (Å²) in [6, 6.07) is 4.99. The quantitative estimate of drug-likeness (QED) is 0.729. The van der Waals surface area contributed by atoms with Crippen molar-refractivity contribution >= 4 is 21.7 Å². The highest BCUT2D eigenvalue weighted by molar-refractivity contribution is 9.10. The Morgan fingerprint density at radius 3 is 2.79 bits per heavy atom. The molecule has 5 heteroatoms. The minimum absolute atomic E-state index is 0.198. The summed E-state index contributed by atoms with van der Waals surface area (Å²) >= 11 is 3.38. The molecule has 1 aromatic heterocycles. The first-order valence-corrected chi connectivity index (χ1v) is 4.75. The maximum Gasteiger partial charge on any atom is 0.126 e. The summed E-state index contributed by atoms with van der Waals surface area (Å²) in [5, 5.41) is 15.8. The number of anilines is 1. The van der Waals surface area contributed by atoms with Gasteiger partial charge in [-0.05, 0) is 18.2 Å². The number of rotatable bonds is 1. The number of hydrogen-bond acceptors (Lipinski definition) is 3. The summed E-state index contributed by atoms with van der Waals surface area (Å²) in [7, 11) is 0. The molecule has 2 aromatic rings. The topological polar surface area (TPSA) is 74.9 Å². The monoisotopic (exact) mass is 253 g/mol. The third-order valence-electron chi connectivity index (χ3n) is 1.91. The van der Waals surface area contributed by atoms with E-state index < -0.39 is 0 Å². The van der Waals surface area contributed by atoms with Gasteiger partial charge < -0.3 is 10.8 Å². The third-order valence-corrected chi connectivity index (χ3v) is 2.60. The molecule has 0 radical (unpaired) electrons. The first kappa shape index (κ1) is 9.08. The molecule has 1 heterocycles. The van der Waals surface area contributed by atoms with Gasteiger partial charge in [-0.15, -0.1) is 0 Å². The van der Waals surface area contributed by atoms with Crippen LogP contribution in [0.5, 0.6) is 5.75 Å². The van der Waals surface area contributed by atoms with Crippen LogP contribution in [-0.2, 0) is 0 Å². The van der Waals surface area contributed by atoms with E-state index in [1.807, 2.05) is 0 Å². The lowest BCUT2D eigenvalue weighted by molar-refractivity contribution is 0.475. The summed E-state index contributed by atoms with van der Waals surface area (Å²) in [6.07, 6.45) is 1.62. The van der Waals surface area contributed by atoms with E-state index in [-0.39, 0.29) is 5.75 Å². The normalized spacial score (nSPS) is 10.4. The van der Waals surface area contributed by atoms with Crippen molar-refractivity contribution in [2.45, 2.75) is 0 Å². The van der Waals surface area contributed by atoms with Crippen molar-refractivity contribution in [3.05, 3.63) is 28.9 Å². The number of nitrogens with two attached hydrogens (primary N) is 1. The zero-order valence-electron chi connectivity index (χ0n) is 7.16. The van der Waals surface area contributed by atoms with Crippen molar-refractivity contribution in [3.63, 3.8) is 0 Å². The van der Waals surface area contributed by atoms with E-state index in [2.05, 4.69) is 26.1 Å². The molecule has 1 aromatic carbocycles. The van der Waals surface area contributed by atoms with Gasteiger partial charge >= 0.3 is 0 Å². The molecular formula is C9H8BrN3O. The van der Waals surface area contributed by atoms with Gasteiger partial charge in [0.05, 0.1) is 6.20 Å². The molecule has 0 saturated heterocycles. The average molecular weight is 254 g/mol. The SMILES string of the molecule is Nc1[nH]ncc1-c1cc(O)ccc1Br. The number of nitrogens with one attached hydrogen (secondary N) is 1. The van der Waals surface area contributed by atoms with Gasteiger partial charge in [0.15, 0.2) is 0 Å². The molecule has 0 amide bonds. The molecule has 2 rings (SSSR count). The fourth-order valence-electron chi connectivity index (χ4n) is 1.23. The molecule has 14 heavy (non-hydrogen) atoms. The largest absolute Gasteiger partial charge is 0.508 e. The third kappa shape index (κ3) is 1.46. The molecule has 0 bridgehead atoms. The maximum absolute atomic E-state index is 9.33. The standard InChI is InChI=1S/C9H8BrN3O/c10-8-2-1-5(14)3-6(8)7-4-12-13-9(7)11/h1-4,14H,(H3,11,12,13). The number of nitrogens with zero attached hydrogens (tertiary/aromatic N) is 1. The highest BCUT2D eigenvalue weighted by Crippen LogP contribution is 2.33. The summed E-state index contributed by atoms with van der Waals surface area (Å²) in [4.78, 5) is 0. The van der Waals surface area contributed by atoms with Crippen LogP contribution in [0.3, 0.4) is 0 Å². The van der Waals surface area contributed by atoms with Gasteiger partial charge in [-0.1, -0.05) is 15.9 Å². The van der Waals surface area contributed by atoms with Gasteiger partial charge in [0.2, 0.25) is 0 Å². The minimum Gasteiger partial charge on any atom is -0.508 e. The van der Waals surface area contributed by atoms with Crippen molar-refractivity contribution in [2.24, 2.45) is 0 Å². The van der Waals surface area contributed by atoms with Crippen molar-refractivity contribution in [2.75, 3.05) is 5.73 Å². The van der Waals surface area contributed by atoms with Crippen LogP contribution in [0.2, 0.25) is 0 Å². The van der Waals surface area contributed by atoms with Crippen molar-refractivity contribution in [1.29, 1.82) is 0 Å². The number of nitrogen functional groups attached to an aromatic ring is 1. The van der Waals surface area contributed by atoms with Crippen LogP contribution in [0.4, 0.5) is 5.82 Å². The Hall–Kier alpha value is -1.49. The van der Waals surface area contributed by atoms with Crippen molar-refractivity contribution < 1.29 is 5.11 Å².